The highest BCUT2D eigenvalue weighted by Gasteiger charge is 2.25. The van der Waals surface area contributed by atoms with E-state index in [9.17, 15) is 4.39 Å². The number of nitrogens with one attached hydrogen (secondary N) is 1. The molecule has 0 heterocycles. The molecule has 1 saturated carbocycles. The summed E-state index contributed by atoms with van der Waals surface area (Å²) in [7, 11) is 0. The first-order chi connectivity index (χ1) is 8.72. The van der Waals surface area contributed by atoms with Crippen molar-refractivity contribution in [3.63, 3.8) is 0 Å². The highest BCUT2D eigenvalue weighted by atomic mass is 19.1. The molecule has 0 amide bonds. The van der Waals surface area contributed by atoms with Crippen LogP contribution >= 0.6 is 0 Å². The number of benzene rings is 1. The minimum atomic E-state index is -0.234. The first-order valence-corrected chi connectivity index (χ1v) is 6.39. The number of nitriles is 1. The predicted octanol–water partition coefficient (Wildman–Crippen LogP) is 2.30. The van der Waals surface area contributed by atoms with Gasteiger partial charge in [0.15, 0.2) is 0 Å². The molecule has 1 fully saturated rings. The summed E-state index contributed by atoms with van der Waals surface area (Å²) in [5, 5.41) is 12.4. The predicted molar refractivity (Wildman–Crippen MR) is 69.8 cm³/mol. The fraction of sp³-hybridized carbons (Fsp3) is 0.500. The minimum Gasteiger partial charge on any atom is -0.369 e. The van der Waals surface area contributed by atoms with Crippen molar-refractivity contribution in [1.82, 2.24) is 5.32 Å². The van der Waals surface area contributed by atoms with Crippen LogP contribution in [-0.4, -0.2) is 25.2 Å². The molecular weight excluding hydrogens is 229 g/mol. The Kier molecular flexibility index (Phi) is 4.16. The molecule has 1 aromatic rings. The normalized spacial score (nSPS) is 16.1. The average Bonchev–Trinajstić information content (AvgIpc) is 3.19. The molecule has 0 spiro atoms. The Morgan fingerprint density at radius 3 is 2.61 bits per heavy atom. The summed E-state index contributed by atoms with van der Waals surface area (Å²) in [5.74, 6) is -0.234. The number of hydrogen-bond donors (Lipinski definition) is 1. The van der Waals surface area contributed by atoms with E-state index in [-0.39, 0.29) is 11.9 Å². The van der Waals surface area contributed by atoms with Crippen molar-refractivity contribution < 1.29 is 4.39 Å². The number of nitrogens with zero attached hydrogens (tertiary/aromatic N) is 2. The molecule has 0 aromatic heterocycles. The molecule has 1 N–H and O–H groups in total. The van der Waals surface area contributed by atoms with Crippen LogP contribution in [0.2, 0.25) is 0 Å². The van der Waals surface area contributed by atoms with E-state index in [1.807, 2.05) is 6.92 Å². The van der Waals surface area contributed by atoms with E-state index in [2.05, 4.69) is 16.3 Å². The molecule has 0 bridgehead atoms. The van der Waals surface area contributed by atoms with Crippen LogP contribution in [0.4, 0.5) is 10.1 Å². The second-order valence-electron chi connectivity index (χ2n) is 4.64. The number of anilines is 1. The summed E-state index contributed by atoms with van der Waals surface area (Å²) in [6.45, 7) is 3.47. The Balaban J connectivity index is 1.98. The van der Waals surface area contributed by atoms with Gasteiger partial charge in [-0.15, -0.1) is 0 Å². The maximum absolute atomic E-state index is 12.9. The minimum absolute atomic E-state index is 0.164. The molecule has 0 aliphatic heterocycles. The van der Waals surface area contributed by atoms with Crippen molar-refractivity contribution in [2.75, 3.05) is 18.0 Å². The highest BCUT2D eigenvalue weighted by molar-refractivity contribution is 5.46. The lowest BCUT2D eigenvalue weighted by molar-refractivity contribution is 0.582. The van der Waals surface area contributed by atoms with Gasteiger partial charge in [-0.3, -0.25) is 5.32 Å². The van der Waals surface area contributed by atoms with E-state index in [0.717, 1.165) is 12.2 Å². The molecule has 96 valence electrons. The maximum Gasteiger partial charge on any atom is 0.123 e. The van der Waals surface area contributed by atoms with Crippen LogP contribution in [0, 0.1) is 17.1 Å². The second-order valence-corrected chi connectivity index (χ2v) is 4.64. The van der Waals surface area contributed by atoms with Gasteiger partial charge in [0.25, 0.3) is 0 Å². The molecule has 1 atom stereocenters. The van der Waals surface area contributed by atoms with Crippen LogP contribution in [-0.2, 0) is 0 Å². The van der Waals surface area contributed by atoms with Gasteiger partial charge in [0.05, 0.1) is 6.07 Å². The summed E-state index contributed by atoms with van der Waals surface area (Å²) >= 11 is 0. The number of rotatable bonds is 6. The Hall–Kier alpha value is -1.60. The van der Waals surface area contributed by atoms with Gasteiger partial charge >= 0.3 is 0 Å². The highest BCUT2D eigenvalue weighted by Crippen LogP contribution is 2.20. The third kappa shape index (κ3) is 3.44. The zero-order valence-electron chi connectivity index (χ0n) is 10.6. The molecule has 2 rings (SSSR count). The van der Waals surface area contributed by atoms with Crippen molar-refractivity contribution >= 4 is 5.69 Å². The van der Waals surface area contributed by atoms with E-state index in [0.29, 0.717) is 12.6 Å². The van der Waals surface area contributed by atoms with Gasteiger partial charge < -0.3 is 4.90 Å². The Morgan fingerprint density at radius 1 is 1.44 bits per heavy atom. The second kappa shape index (κ2) is 5.83. The monoisotopic (exact) mass is 247 g/mol. The van der Waals surface area contributed by atoms with E-state index in [1.165, 1.54) is 25.0 Å². The van der Waals surface area contributed by atoms with Gasteiger partial charge in [-0.05, 0) is 44.0 Å². The first kappa shape index (κ1) is 12.8. The van der Waals surface area contributed by atoms with Gasteiger partial charge in [0.2, 0.25) is 0 Å². The summed E-state index contributed by atoms with van der Waals surface area (Å²) in [6, 6.07) is 9.06. The molecule has 3 nitrogen and oxygen atoms in total. The van der Waals surface area contributed by atoms with Crippen molar-refractivity contribution in [1.29, 1.82) is 5.26 Å². The van der Waals surface area contributed by atoms with Gasteiger partial charge in [-0.2, -0.15) is 5.26 Å². The standard InChI is InChI=1S/C14H18FN3/c1-2-18(14-7-3-11(15)4-8-14)10-13(9-16)17-12-5-6-12/h3-4,7-8,12-13,17H,2,5-6,10H2,1H3. The van der Waals surface area contributed by atoms with E-state index in [1.54, 1.807) is 12.1 Å². The average molecular weight is 247 g/mol. The van der Waals surface area contributed by atoms with E-state index < -0.39 is 0 Å². The summed E-state index contributed by atoms with van der Waals surface area (Å²) in [5.41, 5.74) is 0.955. The van der Waals surface area contributed by atoms with Crippen LogP contribution in [0.1, 0.15) is 19.8 Å². The molecular formula is C14H18FN3. The molecule has 1 aliphatic rings. The molecule has 1 aromatic carbocycles. The van der Waals surface area contributed by atoms with Gasteiger partial charge in [-0.25, -0.2) is 4.39 Å². The third-order valence-electron chi connectivity index (χ3n) is 3.15. The smallest absolute Gasteiger partial charge is 0.123 e. The molecule has 1 unspecified atom stereocenters. The Labute approximate surface area is 107 Å². The van der Waals surface area contributed by atoms with Gasteiger partial charge in [0, 0.05) is 24.8 Å². The van der Waals surface area contributed by atoms with Crippen molar-refractivity contribution in [2.24, 2.45) is 0 Å². The SMILES string of the molecule is CCN(CC(C#N)NC1CC1)c1ccc(F)cc1. The van der Waals surface area contributed by atoms with Gasteiger partial charge in [0.1, 0.15) is 11.9 Å². The van der Waals surface area contributed by atoms with Crippen LogP contribution in [0.25, 0.3) is 0 Å². The van der Waals surface area contributed by atoms with Crippen molar-refractivity contribution in [2.45, 2.75) is 31.8 Å². The molecule has 1 aliphatic carbocycles. The topological polar surface area (TPSA) is 39.1 Å². The molecule has 0 saturated heterocycles. The molecule has 0 radical (unpaired) electrons. The van der Waals surface area contributed by atoms with Crippen LogP contribution in [0.3, 0.4) is 0 Å². The fourth-order valence-electron chi connectivity index (χ4n) is 1.95. The summed E-state index contributed by atoms with van der Waals surface area (Å²) in [6.07, 6.45) is 2.34. The number of likely N-dealkylation sites (N-methyl/N-ethyl adjacent to an activating group) is 1. The zero-order valence-corrected chi connectivity index (χ0v) is 10.6. The number of halogens is 1. The molecule has 18 heavy (non-hydrogen) atoms. The Morgan fingerprint density at radius 2 is 2.11 bits per heavy atom. The zero-order chi connectivity index (χ0) is 13.0. The summed E-state index contributed by atoms with van der Waals surface area (Å²) < 4.78 is 12.9. The summed E-state index contributed by atoms with van der Waals surface area (Å²) in [4.78, 5) is 2.09. The largest absolute Gasteiger partial charge is 0.369 e. The third-order valence-corrected chi connectivity index (χ3v) is 3.15. The van der Waals surface area contributed by atoms with Crippen molar-refractivity contribution in [3.8, 4) is 6.07 Å². The molecule has 4 heteroatoms. The Bertz CT molecular complexity index is 420. The van der Waals surface area contributed by atoms with Crippen LogP contribution < -0.4 is 10.2 Å². The lowest BCUT2D eigenvalue weighted by Gasteiger charge is -2.26. The lowest BCUT2D eigenvalue weighted by atomic mass is 10.2. The van der Waals surface area contributed by atoms with Crippen LogP contribution in [0.5, 0.6) is 0 Å². The fourth-order valence-corrected chi connectivity index (χ4v) is 1.95. The van der Waals surface area contributed by atoms with E-state index in [4.69, 9.17) is 5.26 Å². The first-order valence-electron chi connectivity index (χ1n) is 6.39. The maximum atomic E-state index is 12.9. The van der Waals surface area contributed by atoms with E-state index >= 15 is 0 Å². The lowest BCUT2D eigenvalue weighted by Crippen LogP contribution is -2.41. The van der Waals surface area contributed by atoms with Gasteiger partial charge in [-0.1, -0.05) is 0 Å². The van der Waals surface area contributed by atoms with Crippen molar-refractivity contribution in [3.05, 3.63) is 30.1 Å². The van der Waals surface area contributed by atoms with Crippen LogP contribution in [0.15, 0.2) is 24.3 Å². The number of hydrogen-bond acceptors (Lipinski definition) is 3. The quantitative estimate of drug-likeness (QED) is 0.838.